The van der Waals surface area contributed by atoms with Crippen molar-refractivity contribution in [3.8, 4) is 17.2 Å². The highest BCUT2D eigenvalue weighted by atomic mass is 19.3. The van der Waals surface area contributed by atoms with Crippen LogP contribution in [-0.4, -0.2) is 42.2 Å². The maximum absolute atomic E-state index is 13.0. The van der Waals surface area contributed by atoms with Gasteiger partial charge in [0.1, 0.15) is 5.75 Å². The van der Waals surface area contributed by atoms with E-state index in [9.17, 15) is 18.4 Å². The van der Waals surface area contributed by atoms with Crippen molar-refractivity contribution in [1.82, 2.24) is 4.90 Å². The standard InChI is InChI=1S/C23H24F2N2O5/c1-23(2)31-18-10-9-15(12-19(18)32-23)26-20(28)14-6-5-11-27(13-14)21(29)16-7-3-4-8-17(16)30-22(24)25/h3-4,7-10,12,14,22H,5-6,11,13H2,1-2H3,(H,26,28). The number of rotatable bonds is 5. The molecule has 4 rings (SSSR count). The van der Waals surface area contributed by atoms with Crippen molar-refractivity contribution in [2.45, 2.75) is 39.1 Å². The molecule has 2 aromatic rings. The molecule has 2 aliphatic rings. The van der Waals surface area contributed by atoms with Gasteiger partial charge in [-0.15, -0.1) is 0 Å². The Labute approximate surface area is 184 Å². The number of amides is 2. The van der Waals surface area contributed by atoms with E-state index in [0.29, 0.717) is 36.6 Å². The van der Waals surface area contributed by atoms with Crippen molar-refractivity contribution < 1.29 is 32.6 Å². The maximum atomic E-state index is 13.0. The van der Waals surface area contributed by atoms with Crippen LogP contribution in [0.5, 0.6) is 17.2 Å². The number of benzene rings is 2. The van der Waals surface area contributed by atoms with Gasteiger partial charge in [-0.25, -0.2) is 0 Å². The zero-order valence-corrected chi connectivity index (χ0v) is 17.8. The van der Waals surface area contributed by atoms with E-state index >= 15 is 0 Å². The van der Waals surface area contributed by atoms with Gasteiger partial charge < -0.3 is 24.4 Å². The van der Waals surface area contributed by atoms with E-state index in [-0.39, 0.29) is 23.8 Å². The van der Waals surface area contributed by atoms with Crippen LogP contribution in [0.2, 0.25) is 0 Å². The molecule has 0 bridgehead atoms. The van der Waals surface area contributed by atoms with Gasteiger partial charge in [0.05, 0.1) is 11.5 Å². The molecule has 170 valence electrons. The van der Waals surface area contributed by atoms with Crippen molar-refractivity contribution in [2.24, 2.45) is 5.92 Å². The number of piperidine rings is 1. The topological polar surface area (TPSA) is 77.1 Å². The number of nitrogens with zero attached hydrogens (tertiary/aromatic N) is 1. The zero-order chi connectivity index (χ0) is 22.9. The Morgan fingerprint density at radius 2 is 1.91 bits per heavy atom. The third-order valence-electron chi connectivity index (χ3n) is 5.34. The second-order valence-electron chi connectivity index (χ2n) is 8.22. The van der Waals surface area contributed by atoms with Gasteiger partial charge in [-0.05, 0) is 37.1 Å². The van der Waals surface area contributed by atoms with Gasteiger partial charge in [0.2, 0.25) is 11.7 Å². The lowest BCUT2D eigenvalue weighted by molar-refractivity contribution is -0.121. The number of carbonyl (C=O) groups excluding carboxylic acids is 2. The molecule has 1 saturated heterocycles. The van der Waals surface area contributed by atoms with Crippen molar-refractivity contribution in [3.63, 3.8) is 0 Å². The Hall–Kier alpha value is -3.36. The normalized spacial score (nSPS) is 19.0. The molecule has 2 aromatic carbocycles. The number of hydrogen-bond acceptors (Lipinski definition) is 5. The molecule has 1 unspecified atom stereocenters. The van der Waals surface area contributed by atoms with Crippen LogP contribution in [0.4, 0.5) is 14.5 Å². The predicted molar refractivity (Wildman–Crippen MR) is 112 cm³/mol. The van der Waals surface area contributed by atoms with Gasteiger partial charge in [-0.1, -0.05) is 12.1 Å². The van der Waals surface area contributed by atoms with E-state index in [2.05, 4.69) is 10.1 Å². The highest BCUT2D eigenvalue weighted by Crippen LogP contribution is 2.40. The summed E-state index contributed by atoms with van der Waals surface area (Å²) in [6.45, 7) is 1.18. The highest BCUT2D eigenvalue weighted by Gasteiger charge is 2.33. The SMILES string of the molecule is CC1(C)Oc2ccc(NC(=O)C3CCCN(C(=O)c4ccccc4OC(F)F)C3)cc2O1. The minimum absolute atomic E-state index is 0.0484. The Morgan fingerprint density at radius 1 is 1.16 bits per heavy atom. The zero-order valence-electron chi connectivity index (χ0n) is 17.8. The molecule has 2 aliphatic heterocycles. The maximum Gasteiger partial charge on any atom is 0.387 e. The summed E-state index contributed by atoms with van der Waals surface area (Å²) in [6.07, 6.45) is 1.24. The minimum Gasteiger partial charge on any atom is -0.449 e. The third kappa shape index (κ3) is 4.76. The summed E-state index contributed by atoms with van der Waals surface area (Å²) in [5.74, 6) is -0.891. The smallest absolute Gasteiger partial charge is 0.387 e. The fourth-order valence-electron chi connectivity index (χ4n) is 3.93. The molecule has 1 N–H and O–H groups in total. The van der Waals surface area contributed by atoms with Crippen molar-refractivity contribution in [3.05, 3.63) is 48.0 Å². The average molecular weight is 446 g/mol. The second kappa shape index (κ2) is 8.64. The Morgan fingerprint density at radius 3 is 2.69 bits per heavy atom. The first-order valence-corrected chi connectivity index (χ1v) is 10.4. The molecule has 1 atom stereocenters. The molecule has 0 aliphatic carbocycles. The molecular weight excluding hydrogens is 422 g/mol. The third-order valence-corrected chi connectivity index (χ3v) is 5.34. The van der Waals surface area contributed by atoms with Crippen LogP contribution < -0.4 is 19.5 Å². The van der Waals surface area contributed by atoms with E-state index in [0.717, 1.165) is 0 Å². The second-order valence-corrected chi connectivity index (χ2v) is 8.22. The molecule has 0 aromatic heterocycles. The van der Waals surface area contributed by atoms with Gasteiger partial charge in [0.15, 0.2) is 11.5 Å². The number of carbonyl (C=O) groups is 2. The number of nitrogens with one attached hydrogen (secondary N) is 1. The van der Waals surface area contributed by atoms with Crippen LogP contribution in [0.1, 0.15) is 37.0 Å². The minimum atomic E-state index is -3.03. The van der Waals surface area contributed by atoms with Gasteiger partial charge >= 0.3 is 6.61 Å². The monoisotopic (exact) mass is 446 g/mol. The Balaban J connectivity index is 1.42. The van der Waals surface area contributed by atoms with Crippen LogP contribution in [0.3, 0.4) is 0 Å². The Bertz CT molecular complexity index is 1030. The number of halogens is 2. The average Bonchev–Trinajstić information content (AvgIpc) is 3.06. The van der Waals surface area contributed by atoms with E-state index in [1.54, 1.807) is 38.1 Å². The molecule has 2 heterocycles. The molecule has 2 amide bonds. The highest BCUT2D eigenvalue weighted by molar-refractivity contribution is 5.98. The number of alkyl halides is 2. The fourth-order valence-corrected chi connectivity index (χ4v) is 3.93. The van der Waals surface area contributed by atoms with Crippen LogP contribution in [0, 0.1) is 5.92 Å². The summed E-state index contributed by atoms with van der Waals surface area (Å²) in [5, 5.41) is 2.87. The summed E-state index contributed by atoms with van der Waals surface area (Å²) in [5.41, 5.74) is 0.612. The summed E-state index contributed by atoms with van der Waals surface area (Å²) >= 11 is 0. The lowest BCUT2D eigenvalue weighted by Crippen LogP contribution is -2.43. The quantitative estimate of drug-likeness (QED) is 0.742. The Kier molecular flexibility index (Phi) is 5.90. The summed E-state index contributed by atoms with van der Waals surface area (Å²) < 4.78 is 41.2. The molecular formula is C23H24F2N2O5. The molecule has 9 heteroatoms. The molecule has 0 radical (unpaired) electrons. The first-order valence-electron chi connectivity index (χ1n) is 10.4. The summed E-state index contributed by atoms with van der Waals surface area (Å²) in [4.78, 5) is 27.3. The van der Waals surface area contributed by atoms with E-state index < -0.39 is 24.2 Å². The predicted octanol–water partition coefficient (Wildman–Crippen LogP) is 4.29. The number of fused-ring (bicyclic) bond motifs is 1. The number of ether oxygens (including phenoxy) is 3. The van der Waals surface area contributed by atoms with E-state index in [1.807, 2.05) is 0 Å². The summed E-state index contributed by atoms with van der Waals surface area (Å²) in [7, 11) is 0. The fraction of sp³-hybridized carbons (Fsp3) is 0.391. The van der Waals surface area contributed by atoms with E-state index in [1.165, 1.54) is 23.1 Å². The largest absolute Gasteiger partial charge is 0.449 e. The van der Waals surface area contributed by atoms with Crippen LogP contribution in [-0.2, 0) is 4.79 Å². The van der Waals surface area contributed by atoms with Gasteiger partial charge in [-0.3, -0.25) is 9.59 Å². The van der Waals surface area contributed by atoms with Gasteiger partial charge in [0.25, 0.3) is 5.91 Å². The number of para-hydroxylation sites is 1. The van der Waals surface area contributed by atoms with Crippen molar-refractivity contribution in [2.75, 3.05) is 18.4 Å². The number of hydrogen-bond donors (Lipinski definition) is 1. The molecule has 7 nitrogen and oxygen atoms in total. The summed E-state index contributed by atoms with van der Waals surface area (Å²) in [6, 6.07) is 11.0. The molecule has 0 saturated carbocycles. The molecule has 0 spiro atoms. The first-order chi connectivity index (χ1) is 15.2. The number of anilines is 1. The van der Waals surface area contributed by atoms with Crippen molar-refractivity contribution >= 4 is 17.5 Å². The molecule has 1 fully saturated rings. The van der Waals surface area contributed by atoms with Gasteiger partial charge in [0, 0.05) is 38.7 Å². The lowest BCUT2D eigenvalue weighted by Gasteiger charge is -2.32. The molecule has 32 heavy (non-hydrogen) atoms. The van der Waals surface area contributed by atoms with Crippen molar-refractivity contribution in [1.29, 1.82) is 0 Å². The van der Waals surface area contributed by atoms with Crippen LogP contribution in [0.15, 0.2) is 42.5 Å². The lowest BCUT2D eigenvalue weighted by atomic mass is 9.96. The van der Waals surface area contributed by atoms with Crippen LogP contribution in [0.25, 0.3) is 0 Å². The first kappa shape index (κ1) is 21.9. The van der Waals surface area contributed by atoms with E-state index in [4.69, 9.17) is 9.47 Å². The van der Waals surface area contributed by atoms with Gasteiger partial charge in [-0.2, -0.15) is 8.78 Å². The van der Waals surface area contributed by atoms with Crippen LogP contribution >= 0.6 is 0 Å². The number of likely N-dealkylation sites (tertiary alicyclic amines) is 1.